The predicted molar refractivity (Wildman–Crippen MR) is 269 cm³/mol. The highest BCUT2D eigenvalue weighted by Crippen LogP contribution is 2.54. The van der Waals surface area contributed by atoms with E-state index in [0.717, 1.165) is 33.1 Å². The summed E-state index contributed by atoms with van der Waals surface area (Å²) in [5.74, 6) is 0. The molecule has 0 radical (unpaired) electrons. The Kier molecular flexibility index (Phi) is 8.12. The fourth-order valence-electron chi connectivity index (χ4n) is 9.97. The van der Waals surface area contributed by atoms with E-state index in [1.54, 1.807) is 0 Å². The maximum atomic E-state index is 5.23. The van der Waals surface area contributed by atoms with Crippen LogP contribution in [0.3, 0.4) is 0 Å². The minimum atomic E-state index is 0.926. The molecular weight excluding hydrogens is 781 g/mol. The topological polar surface area (TPSA) is 25.8 Å². The lowest BCUT2D eigenvalue weighted by Gasteiger charge is -2.15. The number of hydrogen-bond donors (Lipinski definition) is 0. The van der Waals surface area contributed by atoms with Crippen LogP contribution in [0.2, 0.25) is 0 Å². The molecule has 0 atom stereocenters. The van der Waals surface area contributed by atoms with Gasteiger partial charge in [0.25, 0.3) is 0 Å². The molecule has 3 heteroatoms. The molecule has 10 aromatic carbocycles. The molecule has 0 N–H and O–H groups in total. The Morgan fingerprint density at radius 3 is 1.59 bits per heavy atom. The maximum Gasteiger partial charge on any atom is 0.0972 e. The molecule has 3 aromatic heterocycles. The van der Waals surface area contributed by atoms with Crippen molar-refractivity contribution in [1.29, 1.82) is 0 Å². The first kappa shape index (κ1) is 35.7. The summed E-state index contributed by atoms with van der Waals surface area (Å²) in [4.78, 5) is 12.5. The normalized spacial score (nSPS) is 11.8. The highest BCUT2D eigenvalue weighted by molar-refractivity contribution is 7.20. The summed E-state index contributed by atoms with van der Waals surface area (Å²) in [6, 6.07) is 77.5. The number of nitrogens with zero attached hydrogens (tertiary/aromatic N) is 2. The predicted octanol–water partition coefficient (Wildman–Crippen LogP) is 16.9. The van der Waals surface area contributed by atoms with Gasteiger partial charge in [-0.3, -0.25) is 4.98 Å². The zero-order valence-electron chi connectivity index (χ0n) is 34.1. The van der Waals surface area contributed by atoms with E-state index in [1.807, 2.05) is 23.6 Å². The average molecular weight is 817 g/mol. The van der Waals surface area contributed by atoms with Gasteiger partial charge in [0.1, 0.15) is 0 Å². The monoisotopic (exact) mass is 816 g/mol. The van der Waals surface area contributed by atoms with Crippen molar-refractivity contribution in [3.63, 3.8) is 0 Å². The molecule has 3 heterocycles. The van der Waals surface area contributed by atoms with E-state index in [2.05, 4.69) is 206 Å². The highest BCUT2D eigenvalue weighted by Gasteiger charge is 2.25. The van der Waals surface area contributed by atoms with Gasteiger partial charge in [-0.05, 0) is 83.0 Å². The van der Waals surface area contributed by atoms with Gasteiger partial charge in [-0.15, -0.1) is 11.3 Å². The summed E-state index contributed by atoms with van der Waals surface area (Å²) in [5.41, 5.74) is 13.7. The molecule has 13 rings (SSSR count). The minimum absolute atomic E-state index is 0.926. The number of thiophene rings is 1. The van der Waals surface area contributed by atoms with E-state index in [1.165, 1.54) is 97.4 Å². The van der Waals surface area contributed by atoms with Crippen molar-refractivity contribution in [1.82, 2.24) is 9.97 Å². The van der Waals surface area contributed by atoms with Gasteiger partial charge in [0.05, 0.1) is 16.7 Å². The van der Waals surface area contributed by atoms with Crippen LogP contribution < -0.4 is 0 Å². The van der Waals surface area contributed by atoms with Gasteiger partial charge in [-0.1, -0.05) is 200 Å². The SMILES string of the molecule is c1ccc(-c2c(-c3ccc(-c4ccc(-c5ccc6ccc7cccnc7c6n5)c5ccccc45)cc3)sc(-c3ccc4ccc5cccc6ccc3c4c56)c2-c2ccccc2)cc1. The summed E-state index contributed by atoms with van der Waals surface area (Å²) in [6.07, 6.45) is 1.85. The number of pyridine rings is 2. The lowest BCUT2D eigenvalue weighted by Crippen LogP contribution is -1.91. The molecule has 0 fully saturated rings. The van der Waals surface area contributed by atoms with E-state index in [9.17, 15) is 0 Å². The molecule has 2 nitrogen and oxygen atoms in total. The summed E-state index contributed by atoms with van der Waals surface area (Å²) >= 11 is 1.91. The number of fused-ring (bicyclic) bond motifs is 4. The van der Waals surface area contributed by atoms with Crippen LogP contribution in [0.25, 0.3) is 130 Å². The average Bonchev–Trinajstić information content (AvgIpc) is 3.76. The summed E-state index contributed by atoms with van der Waals surface area (Å²) < 4.78 is 0. The van der Waals surface area contributed by atoms with Crippen molar-refractivity contribution in [2.75, 3.05) is 0 Å². The Hall–Kier alpha value is -7.98. The van der Waals surface area contributed by atoms with Gasteiger partial charge in [-0.2, -0.15) is 0 Å². The Morgan fingerprint density at radius 2 is 0.841 bits per heavy atom. The van der Waals surface area contributed by atoms with E-state index in [4.69, 9.17) is 9.97 Å². The van der Waals surface area contributed by atoms with Gasteiger partial charge in [0.2, 0.25) is 0 Å². The molecule has 63 heavy (non-hydrogen) atoms. The minimum Gasteiger partial charge on any atom is -0.254 e. The molecular formula is C60H36N2S. The Balaban J connectivity index is 0.980. The Bertz CT molecular complexity index is 3870. The van der Waals surface area contributed by atoms with Gasteiger partial charge >= 0.3 is 0 Å². The van der Waals surface area contributed by atoms with Crippen LogP contribution in [0.1, 0.15) is 0 Å². The van der Waals surface area contributed by atoms with Crippen molar-refractivity contribution in [3.05, 3.63) is 219 Å². The second-order valence-corrected chi connectivity index (χ2v) is 17.4. The highest BCUT2D eigenvalue weighted by atomic mass is 32.1. The van der Waals surface area contributed by atoms with Crippen LogP contribution in [0, 0.1) is 0 Å². The van der Waals surface area contributed by atoms with Crippen LogP contribution in [0.5, 0.6) is 0 Å². The van der Waals surface area contributed by atoms with Crippen LogP contribution in [-0.2, 0) is 0 Å². The smallest absolute Gasteiger partial charge is 0.0972 e. The van der Waals surface area contributed by atoms with Gasteiger partial charge < -0.3 is 0 Å². The number of benzene rings is 10. The number of hydrogen-bond acceptors (Lipinski definition) is 3. The number of aromatic nitrogens is 2. The second-order valence-electron chi connectivity index (χ2n) is 16.4. The molecule has 292 valence electrons. The fourth-order valence-corrected chi connectivity index (χ4v) is 11.4. The molecule has 0 saturated carbocycles. The third-order valence-electron chi connectivity index (χ3n) is 12.9. The molecule has 0 bridgehead atoms. The molecule has 0 aliphatic rings. The summed E-state index contributed by atoms with van der Waals surface area (Å²) in [6.45, 7) is 0. The first-order chi connectivity index (χ1) is 31.2. The van der Waals surface area contributed by atoms with Crippen LogP contribution in [0.4, 0.5) is 0 Å². The molecule has 13 aromatic rings. The van der Waals surface area contributed by atoms with Crippen molar-refractivity contribution < 1.29 is 0 Å². The van der Waals surface area contributed by atoms with Crippen molar-refractivity contribution >= 4 is 76.2 Å². The summed E-state index contributed by atoms with van der Waals surface area (Å²) in [7, 11) is 0. The lowest BCUT2D eigenvalue weighted by molar-refractivity contribution is 1.37. The van der Waals surface area contributed by atoms with Gasteiger partial charge in [0.15, 0.2) is 0 Å². The molecule has 0 amide bonds. The van der Waals surface area contributed by atoms with Crippen molar-refractivity contribution in [2.24, 2.45) is 0 Å². The zero-order valence-corrected chi connectivity index (χ0v) is 34.9. The summed E-state index contributed by atoms with van der Waals surface area (Å²) in [5, 5.41) is 12.4. The molecule has 0 aliphatic carbocycles. The Morgan fingerprint density at radius 1 is 0.302 bits per heavy atom. The number of rotatable bonds is 6. The Labute approximate surface area is 368 Å². The third-order valence-corrected chi connectivity index (χ3v) is 14.2. The zero-order chi connectivity index (χ0) is 41.4. The molecule has 0 saturated heterocycles. The quantitative estimate of drug-likeness (QED) is 0.156. The van der Waals surface area contributed by atoms with E-state index < -0.39 is 0 Å². The fraction of sp³-hybridized carbons (Fsp3) is 0. The maximum absolute atomic E-state index is 5.23. The largest absolute Gasteiger partial charge is 0.254 e. The lowest BCUT2D eigenvalue weighted by atomic mass is 9.88. The van der Waals surface area contributed by atoms with Gasteiger partial charge in [-0.25, -0.2) is 4.98 Å². The molecule has 0 aliphatic heterocycles. The molecule has 0 unspecified atom stereocenters. The van der Waals surface area contributed by atoms with Crippen LogP contribution in [0.15, 0.2) is 219 Å². The third kappa shape index (κ3) is 5.71. The van der Waals surface area contributed by atoms with Gasteiger partial charge in [0, 0.05) is 49.0 Å². The van der Waals surface area contributed by atoms with Crippen molar-refractivity contribution in [2.45, 2.75) is 0 Å². The first-order valence-electron chi connectivity index (χ1n) is 21.5. The second kappa shape index (κ2) is 14.3. The molecule has 0 spiro atoms. The van der Waals surface area contributed by atoms with E-state index >= 15 is 0 Å². The van der Waals surface area contributed by atoms with E-state index in [0.29, 0.717) is 0 Å². The van der Waals surface area contributed by atoms with E-state index in [-0.39, 0.29) is 0 Å². The van der Waals surface area contributed by atoms with Crippen LogP contribution >= 0.6 is 11.3 Å². The first-order valence-corrected chi connectivity index (χ1v) is 22.3. The van der Waals surface area contributed by atoms with Crippen molar-refractivity contribution in [3.8, 4) is 65.5 Å². The van der Waals surface area contributed by atoms with Crippen LogP contribution in [-0.4, -0.2) is 9.97 Å². The standard InChI is InChI=1S/C60H36N2S/c1-3-11-38(12-4-1)55-56(39-13-5-2-6-14-39)60(51-32-29-42-23-22-40-15-9-16-41-28-31-50(51)54(42)53(40)41)63-59(55)45-26-20-37(21-27-45)46-33-34-49(48-19-8-7-18-47(46)48)52-35-30-44-25-24-43-17-10-36-61-57(43)58(44)62-52/h1-36H.